The minimum Gasteiger partial charge on any atom is -0.374 e. The molecule has 0 heterocycles. The molecule has 1 aromatic rings. The largest absolute Gasteiger partial charge is 0.374 e. The fraction of sp³-hybridized carbons (Fsp3) is 0.333. The Hall–Kier alpha value is -1.23. The minimum atomic E-state index is -1.54. The quantitative estimate of drug-likeness (QED) is 0.586. The van der Waals surface area contributed by atoms with Crippen LogP contribution < -0.4 is 5.32 Å². The van der Waals surface area contributed by atoms with Crippen molar-refractivity contribution in [3.63, 3.8) is 0 Å². The zero-order valence-corrected chi connectivity index (χ0v) is 7.52. The molecule has 0 saturated heterocycles. The van der Waals surface area contributed by atoms with Gasteiger partial charge in [0.25, 0.3) is 0 Å². The Morgan fingerprint density at radius 2 is 1.93 bits per heavy atom. The number of benzene rings is 1. The van der Waals surface area contributed by atoms with Crippen LogP contribution in [0.2, 0.25) is 0 Å². The number of nitrogens with one attached hydrogen (secondary N) is 1. The molecule has 0 amide bonds. The summed E-state index contributed by atoms with van der Waals surface area (Å²) < 4.78 is 38.1. The first-order valence-corrected chi connectivity index (χ1v) is 4.14. The fourth-order valence-corrected chi connectivity index (χ4v) is 0.919. The fourth-order valence-electron chi connectivity index (χ4n) is 0.919. The third-order valence-electron chi connectivity index (χ3n) is 1.74. The topological polar surface area (TPSA) is 32.3 Å². The van der Waals surface area contributed by atoms with Gasteiger partial charge in [-0.15, -0.1) is 0 Å². The van der Waals surface area contributed by atoms with Crippen molar-refractivity contribution in [1.82, 2.24) is 0 Å². The summed E-state index contributed by atoms with van der Waals surface area (Å²) in [4.78, 5) is 0. The first-order chi connectivity index (χ1) is 6.56. The number of hydrogen-bond acceptors (Lipinski definition) is 2. The van der Waals surface area contributed by atoms with E-state index in [1.165, 1.54) is 0 Å². The Labute approximate surface area is 79.4 Å². The summed E-state index contributed by atoms with van der Waals surface area (Å²) in [5.41, 5.74) is -0.252. The molecular formula is C9H10F3NO. The van der Waals surface area contributed by atoms with Gasteiger partial charge in [0, 0.05) is 0 Å². The lowest BCUT2D eigenvalue weighted by molar-refractivity contribution is 0.198. The summed E-state index contributed by atoms with van der Waals surface area (Å²) in [6.45, 7) is 1.66. The van der Waals surface area contributed by atoms with Crippen molar-refractivity contribution in [1.29, 1.82) is 0 Å². The molecule has 0 aliphatic carbocycles. The highest BCUT2D eigenvalue weighted by Gasteiger charge is 2.14. The molecule has 0 fully saturated rings. The van der Waals surface area contributed by atoms with Crippen LogP contribution in [0.3, 0.4) is 0 Å². The van der Waals surface area contributed by atoms with Gasteiger partial charge in [-0.2, -0.15) is 0 Å². The monoisotopic (exact) mass is 205 g/mol. The molecule has 1 aromatic carbocycles. The summed E-state index contributed by atoms with van der Waals surface area (Å²) >= 11 is 0. The highest BCUT2D eigenvalue weighted by molar-refractivity contribution is 5.45. The zero-order chi connectivity index (χ0) is 10.7. The van der Waals surface area contributed by atoms with E-state index < -0.39 is 23.7 Å². The van der Waals surface area contributed by atoms with E-state index in [0.717, 1.165) is 12.1 Å². The lowest BCUT2D eigenvalue weighted by atomic mass is 10.2. The van der Waals surface area contributed by atoms with Gasteiger partial charge in [-0.3, -0.25) is 0 Å². The molecule has 14 heavy (non-hydrogen) atoms. The van der Waals surface area contributed by atoms with Crippen molar-refractivity contribution in [3.8, 4) is 0 Å². The SMILES string of the molecule is CCC(O)Nc1ccc(F)c(F)c1F. The van der Waals surface area contributed by atoms with Gasteiger partial charge in [-0.25, -0.2) is 13.2 Å². The van der Waals surface area contributed by atoms with E-state index >= 15 is 0 Å². The van der Waals surface area contributed by atoms with Crippen molar-refractivity contribution in [2.75, 3.05) is 5.32 Å². The van der Waals surface area contributed by atoms with E-state index in [-0.39, 0.29) is 5.69 Å². The molecule has 1 atom stereocenters. The van der Waals surface area contributed by atoms with Crippen molar-refractivity contribution in [2.24, 2.45) is 0 Å². The summed E-state index contributed by atoms with van der Waals surface area (Å²) in [6, 6.07) is 1.83. The van der Waals surface area contributed by atoms with Gasteiger partial charge in [0.15, 0.2) is 17.5 Å². The number of aliphatic hydroxyl groups excluding tert-OH is 1. The standard InChI is InChI=1S/C9H10F3NO/c1-2-7(14)13-6-4-3-5(10)8(11)9(6)12/h3-4,7,13-14H,2H2,1H3. The van der Waals surface area contributed by atoms with Crippen LogP contribution in [0.5, 0.6) is 0 Å². The number of halogens is 3. The van der Waals surface area contributed by atoms with Gasteiger partial charge < -0.3 is 10.4 Å². The molecule has 2 nitrogen and oxygen atoms in total. The normalized spacial score (nSPS) is 12.6. The van der Waals surface area contributed by atoms with Gasteiger partial charge in [-0.05, 0) is 18.6 Å². The predicted molar refractivity (Wildman–Crippen MR) is 46.2 cm³/mol. The van der Waals surface area contributed by atoms with Crippen LogP contribution in [-0.4, -0.2) is 11.3 Å². The lowest BCUT2D eigenvalue weighted by Crippen LogP contribution is -2.18. The minimum absolute atomic E-state index is 0.252. The first-order valence-electron chi connectivity index (χ1n) is 4.14. The van der Waals surface area contributed by atoms with E-state index in [0.29, 0.717) is 6.42 Å². The molecule has 1 unspecified atom stereocenters. The second kappa shape index (κ2) is 4.32. The van der Waals surface area contributed by atoms with Crippen molar-refractivity contribution < 1.29 is 18.3 Å². The third-order valence-corrected chi connectivity index (χ3v) is 1.74. The number of anilines is 1. The molecule has 78 valence electrons. The van der Waals surface area contributed by atoms with Crippen LogP contribution in [0.4, 0.5) is 18.9 Å². The number of rotatable bonds is 3. The Morgan fingerprint density at radius 3 is 2.50 bits per heavy atom. The summed E-state index contributed by atoms with van der Waals surface area (Å²) in [7, 11) is 0. The average molecular weight is 205 g/mol. The Bertz CT molecular complexity index is 330. The maximum atomic E-state index is 13.0. The molecule has 2 N–H and O–H groups in total. The van der Waals surface area contributed by atoms with Crippen LogP contribution in [0.15, 0.2) is 12.1 Å². The van der Waals surface area contributed by atoms with E-state index in [2.05, 4.69) is 5.32 Å². The smallest absolute Gasteiger partial charge is 0.196 e. The zero-order valence-electron chi connectivity index (χ0n) is 7.52. The molecule has 0 spiro atoms. The molecule has 0 aliphatic heterocycles. The van der Waals surface area contributed by atoms with Crippen molar-refractivity contribution >= 4 is 5.69 Å². The number of aliphatic hydroxyl groups is 1. The summed E-state index contributed by atoms with van der Waals surface area (Å²) in [6.07, 6.45) is -0.646. The van der Waals surface area contributed by atoms with Crippen LogP contribution in [0.1, 0.15) is 13.3 Å². The third kappa shape index (κ3) is 2.17. The van der Waals surface area contributed by atoms with Gasteiger partial charge in [-0.1, -0.05) is 6.92 Å². The van der Waals surface area contributed by atoms with E-state index in [4.69, 9.17) is 5.11 Å². The van der Waals surface area contributed by atoms with Crippen molar-refractivity contribution in [3.05, 3.63) is 29.6 Å². The molecular weight excluding hydrogens is 195 g/mol. The highest BCUT2D eigenvalue weighted by Crippen LogP contribution is 2.20. The van der Waals surface area contributed by atoms with Crippen LogP contribution >= 0.6 is 0 Å². The molecule has 0 bridgehead atoms. The molecule has 0 aliphatic rings. The maximum absolute atomic E-state index is 13.0. The van der Waals surface area contributed by atoms with Crippen molar-refractivity contribution in [2.45, 2.75) is 19.6 Å². The van der Waals surface area contributed by atoms with Gasteiger partial charge in [0.05, 0.1) is 5.69 Å². The second-order valence-electron chi connectivity index (χ2n) is 2.79. The summed E-state index contributed by atoms with van der Waals surface area (Å²) in [5, 5.41) is 11.4. The van der Waals surface area contributed by atoms with Gasteiger partial charge >= 0.3 is 0 Å². The van der Waals surface area contributed by atoms with E-state index in [1.54, 1.807) is 6.92 Å². The molecule has 0 radical (unpaired) electrons. The first kappa shape index (κ1) is 10.8. The summed E-state index contributed by atoms with van der Waals surface area (Å²) in [5.74, 6) is -4.12. The van der Waals surface area contributed by atoms with Crippen LogP contribution in [0.25, 0.3) is 0 Å². The van der Waals surface area contributed by atoms with Crippen LogP contribution in [0, 0.1) is 17.5 Å². The lowest BCUT2D eigenvalue weighted by Gasteiger charge is -2.12. The number of hydrogen-bond donors (Lipinski definition) is 2. The highest BCUT2D eigenvalue weighted by atomic mass is 19.2. The van der Waals surface area contributed by atoms with E-state index in [9.17, 15) is 13.2 Å². The second-order valence-corrected chi connectivity index (χ2v) is 2.79. The molecule has 5 heteroatoms. The Balaban J connectivity index is 2.94. The molecule has 0 saturated carbocycles. The van der Waals surface area contributed by atoms with E-state index in [1.807, 2.05) is 0 Å². The van der Waals surface area contributed by atoms with Crippen LogP contribution in [-0.2, 0) is 0 Å². The maximum Gasteiger partial charge on any atom is 0.196 e. The Kier molecular flexibility index (Phi) is 3.35. The molecule has 0 aromatic heterocycles. The molecule has 1 rings (SSSR count). The Morgan fingerprint density at radius 1 is 1.29 bits per heavy atom. The van der Waals surface area contributed by atoms with Gasteiger partial charge in [0.2, 0.25) is 0 Å². The average Bonchev–Trinajstić information content (AvgIpc) is 2.19. The predicted octanol–water partition coefficient (Wildman–Crippen LogP) is 2.24. The van der Waals surface area contributed by atoms with Gasteiger partial charge in [0.1, 0.15) is 6.23 Å².